The van der Waals surface area contributed by atoms with Crippen molar-refractivity contribution in [3.63, 3.8) is 0 Å². The van der Waals surface area contributed by atoms with E-state index in [4.69, 9.17) is 11.6 Å². The summed E-state index contributed by atoms with van der Waals surface area (Å²) >= 11 is 5.68. The first-order chi connectivity index (χ1) is 4.74. The molecule has 0 nitrogen and oxygen atoms in total. The summed E-state index contributed by atoms with van der Waals surface area (Å²) in [7, 11) is 0. The van der Waals surface area contributed by atoms with Gasteiger partial charge in [-0.1, -0.05) is 17.7 Å². The molecule has 0 N–H and O–H groups in total. The van der Waals surface area contributed by atoms with Gasteiger partial charge in [-0.2, -0.15) is 0 Å². The predicted molar refractivity (Wildman–Crippen MR) is 44.3 cm³/mol. The molecule has 1 heteroatoms. The van der Waals surface area contributed by atoms with Gasteiger partial charge in [-0.25, -0.2) is 0 Å². The quantitative estimate of drug-likeness (QED) is 0.545. The fraction of sp³-hybridized carbons (Fsp3) is 0.333. The van der Waals surface area contributed by atoms with E-state index in [9.17, 15) is 0 Å². The molecule has 1 rings (SSSR count). The Bertz CT molecular complexity index is 228. The molecule has 0 aromatic heterocycles. The topological polar surface area (TPSA) is 0 Å². The van der Waals surface area contributed by atoms with E-state index < -0.39 is 0 Å². The minimum atomic E-state index is 0.587. The third-order valence-corrected chi connectivity index (χ3v) is 1.83. The highest BCUT2D eigenvalue weighted by Crippen LogP contribution is 2.11. The molecule has 0 saturated carbocycles. The maximum Gasteiger partial charge on any atom is 0.0477 e. The molecule has 0 amide bonds. The summed E-state index contributed by atoms with van der Waals surface area (Å²) in [6, 6.07) is 7.21. The number of halogens is 1. The molecular formula is C9H10Cl. The molecule has 10 heavy (non-hydrogen) atoms. The molecule has 1 aromatic carbocycles. The summed E-state index contributed by atoms with van der Waals surface area (Å²) in [5.41, 5.74) is 3.56. The molecule has 53 valence electrons. The van der Waals surface area contributed by atoms with E-state index in [-0.39, 0.29) is 0 Å². The molecule has 0 aliphatic heterocycles. The summed E-state index contributed by atoms with van der Waals surface area (Å²) in [5.74, 6) is 0.587. The molecule has 0 aliphatic rings. The molecule has 0 unspecified atom stereocenters. The third kappa shape index (κ3) is 1.51. The van der Waals surface area contributed by atoms with Gasteiger partial charge in [-0.15, -0.1) is 11.6 Å². The Morgan fingerprint density at radius 3 is 2.70 bits per heavy atom. The lowest BCUT2D eigenvalue weighted by molar-refractivity contribution is 1.26. The van der Waals surface area contributed by atoms with Gasteiger partial charge in [0.2, 0.25) is 0 Å². The number of benzene rings is 1. The second kappa shape index (κ2) is 3.07. The van der Waals surface area contributed by atoms with Crippen LogP contribution in [0.4, 0.5) is 0 Å². The van der Waals surface area contributed by atoms with Crippen molar-refractivity contribution in [2.24, 2.45) is 0 Å². The average molecular weight is 154 g/mol. The van der Waals surface area contributed by atoms with Crippen LogP contribution < -0.4 is 0 Å². The zero-order valence-corrected chi connectivity index (χ0v) is 7.00. The fourth-order valence-corrected chi connectivity index (χ4v) is 1.16. The minimum Gasteiger partial charge on any atom is -0.122 e. The number of hydrogen-bond acceptors (Lipinski definition) is 0. The van der Waals surface area contributed by atoms with Gasteiger partial charge in [-0.05, 0) is 31.0 Å². The van der Waals surface area contributed by atoms with Gasteiger partial charge in [0.25, 0.3) is 0 Å². The first kappa shape index (κ1) is 7.62. The Balaban J connectivity index is 3.09. The number of alkyl halides is 1. The smallest absolute Gasteiger partial charge is 0.0477 e. The van der Waals surface area contributed by atoms with Gasteiger partial charge in [0.15, 0.2) is 0 Å². The molecule has 0 spiro atoms. The molecule has 0 aliphatic carbocycles. The summed E-state index contributed by atoms with van der Waals surface area (Å²) in [6.07, 6.45) is 0. The van der Waals surface area contributed by atoms with Crippen LogP contribution in [0.25, 0.3) is 0 Å². The Morgan fingerprint density at radius 1 is 1.50 bits per heavy atom. The van der Waals surface area contributed by atoms with Crippen LogP contribution in [0, 0.1) is 19.9 Å². The predicted octanol–water partition coefficient (Wildman–Crippen LogP) is 2.84. The first-order valence-corrected chi connectivity index (χ1v) is 3.81. The van der Waals surface area contributed by atoms with E-state index >= 15 is 0 Å². The van der Waals surface area contributed by atoms with E-state index in [1.54, 1.807) is 0 Å². The van der Waals surface area contributed by atoms with Crippen molar-refractivity contribution in [1.82, 2.24) is 0 Å². The summed E-state index contributed by atoms with van der Waals surface area (Å²) in [4.78, 5) is 0. The second-order valence-corrected chi connectivity index (χ2v) is 2.73. The van der Waals surface area contributed by atoms with Gasteiger partial charge < -0.3 is 0 Å². The number of rotatable bonds is 1. The van der Waals surface area contributed by atoms with Crippen LogP contribution in [0.15, 0.2) is 12.1 Å². The van der Waals surface area contributed by atoms with Crippen LogP contribution in [-0.2, 0) is 5.88 Å². The largest absolute Gasteiger partial charge is 0.122 e. The highest BCUT2D eigenvalue weighted by molar-refractivity contribution is 6.17. The van der Waals surface area contributed by atoms with Gasteiger partial charge in [0.1, 0.15) is 0 Å². The lowest BCUT2D eigenvalue weighted by Crippen LogP contribution is -1.85. The molecule has 0 atom stereocenters. The van der Waals surface area contributed by atoms with Crippen molar-refractivity contribution in [2.75, 3.05) is 0 Å². The maximum atomic E-state index is 5.68. The van der Waals surface area contributed by atoms with Crippen LogP contribution in [-0.4, -0.2) is 0 Å². The SMILES string of the molecule is Cc1c[c]c(C)c(CCl)c1. The highest BCUT2D eigenvalue weighted by atomic mass is 35.5. The van der Waals surface area contributed by atoms with Gasteiger partial charge in [-0.3, -0.25) is 0 Å². The molecule has 0 heterocycles. The van der Waals surface area contributed by atoms with Crippen LogP contribution in [0.2, 0.25) is 0 Å². The monoisotopic (exact) mass is 153 g/mol. The Morgan fingerprint density at radius 2 is 2.20 bits per heavy atom. The molecule has 1 aromatic rings. The normalized spacial score (nSPS) is 9.90. The van der Waals surface area contributed by atoms with E-state index in [0.717, 1.165) is 5.56 Å². The molecule has 1 radical (unpaired) electrons. The van der Waals surface area contributed by atoms with Crippen molar-refractivity contribution in [3.8, 4) is 0 Å². The van der Waals surface area contributed by atoms with Crippen molar-refractivity contribution in [2.45, 2.75) is 19.7 Å². The number of hydrogen-bond donors (Lipinski definition) is 0. The van der Waals surface area contributed by atoms with Crippen LogP contribution in [0.5, 0.6) is 0 Å². The van der Waals surface area contributed by atoms with Gasteiger partial charge in [0, 0.05) is 5.88 Å². The van der Waals surface area contributed by atoms with E-state index in [1.165, 1.54) is 11.1 Å². The standard InChI is InChI=1S/C9H10Cl/c1-7-3-4-8(2)9(5-7)6-10/h3,5H,6H2,1-2H3. The Hall–Kier alpha value is -0.490. The lowest BCUT2D eigenvalue weighted by atomic mass is 10.1. The van der Waals surface area contributed by atoms with Crippen molar-refractivity contribution >= 4 is 11.6 Å². The fourth-order valence-electron chi connectivity index (χ4n) is 0.878. The zero-order chi connectivity index (χ0) is 7.56. The first-order valence-electron chi connectivity index (χ1n) is 3.28. The van der Waals surface area contributed by atoms with Gasteiger partial charge >= 0.3 is 0 Å². The second-order valence-electron chi connectivity index (χ2n) is 2.46. The Kier molecular flexibility index (Phi) is 2.34. The Labute approximate surface area is 66.8 Å². The third-order valence-electron chi connectivity index (χ3n) is 1.54. The van der Waals surface area contributed by atoms with Gasteiger partial charge in [0.05, 0.1) is 0 Å². The van der Waals surface area contributed by atoms with Crippen molar-refractivity contribution in [3.05, 3.63) is 34.9 Å². The van der Waals surface area contributed by atoms with E-state index in [0.29, 0.717) is 5.88 Å². The highest BCUT2D eigenvalue weighted by Gasteiger charge is 1.95. The maximum absolute atomic E-state index is 5.68. The van der Waals surface area contributed by atoms with Crippen molar-refractivity contribution < 1.29 is 0 Å². The lowest BCUT2D eigenvalue weighted by Gasteiger charge is -2.00. The molecule has 0 bridgehead atoms. The molecule has 0 saturated heterocycles. The summed E-state index contributed by atoms with van der Waals surface area (Å²) in [6.45, 7) is 4.07. The summed E-state index contributed by atoms with van der Waals surface area (Å²) < 4.78 is 0. The average Bonchev–Trinajstić information content (AvgIpc) is 1.94. The summed E-state index contributed by atoms with van der Waals surface area (Å²) in [5, 5.41) is 0. The molecule has 0 fully saturated rings. The zero-order valence-electron chi connectivity index (χ0n) is 6.24. The van der Waals surface area contributed by atoms with E-state index in [1.807, 2.05) is 19.9 Å². The molecular weight excluding hydrogens is 144 g/mol. The van der Waals surface area contributed by atoms with Crippen LogP contribution in [0.3, 0.4) is 0 Å². The minimum absolute atomic E-state index is 0.587. The van der Waals surface area contributed by atoms with E-state index in [2.05, 4.69) is 12.1 Å². The number of aryl methyl sites for hydroxylation is 2. The van der Waals surface area contributed by atoms with Crippen LogP contribution in [0.1, 0.15) is 16.7 Å². The van der Waals surface area contributed by atoms with Crippen molar-refractivity contribution in [1.29, 1.82) is 0 Å². The van der Waals surface area contributed by atoms with Crippen LogP contribution >= 0.6 is 11.6 Å².